The lowest BCUT2D eigenvalue weighted by atomic mass is 9.95. The highest BCUT2D eigenvalue weighted by Gasteiger charge is 2.15. The highest BCUT2D eigenvalue weighted by atomic mass is 32.2. The summed E-state index contributed by atoms with van der Waals surface area (Å²) in [7, 11) is 0. The molecule has 0 spiro atoms. The van der Waals surface area contributed by atoms with Crippen molar-refractivity contribution in [2.45, 2.75) is 78.1 Å². The van der Waals surface area contributed by atoms with Crippen LogP contribution in [0.4, 0.5) is 0 Å². The largest absolute Gasteiger partial charge is 0.254 e. The summed E-state index contributed by atoms with van der Waals surface area (Å²) in [6.07, 6.45) is 14.9. The quantitative estimate of drug-likeness (QED) is 0.203. The Morgan fingerprint density at radius 1 is 0.950 bits per heavy atom. The van der Waals surface area contributed by atoms with Gasteiger partial charge in [0.1, 0.15) is 0 Å². The molecule has 20 heavy (non-hydrogen) atoms. The van der Waals surface area contributed by atoms with E-state index in [1.807, 2.05) is 5.41 Å². The molecule has 0 radical (unpaired) electrons. The zero-order chi connectivity index (χ0) is 15.1. The van der Waals surface area contributed by atoms with Crippen molar-refractivity contribution in [3.05, 3.63) is 24.8 Å². The average Bonchev–Trinajstić information content (AvgIpc) is 2.45. The van der Waals surface area contributed by atoms with Crippen molar-refractivity contribution in [1.82, 2.24) is 0 Å². The molecule has 0 rings (SSSR count). The summed E-state index contributed by atoms with van der Waals surface area (Å²) in [5, 5.41) is 3.11. The Hall–Kier alpha value is -0.500. The Balaban J connectivity index is 4.36. The van der Waals surface area contributed by atoms with Gasteiger partial charge in [-0.1, -0.05) is 90.1 Å². The van der Waals surface area contributed by atoms with E-state index in [1.165, 1.54) is 69.3 Å². The fraction of sp³-hybridized carbons (Fsp3) is 0.722. The van der Waals surface area contributed by atoms with Gasteiger partial charge in [-0.25, -0.2) is 0 Å². The second-order valence-electron chi connectivity index (χ2n) is 5.33. The second kappa shape index (κ2) is 14.9. The molecule has 0 aliphatic rings. The molecule has 0 amide bonds. The van der Waals surface area contributed by atoms with Gasteiger partial charge in [0.2, 0.25) is 0 Å². The molecule has 116 valence electrons. The summed E-state index contributed by atoms with van der Waals surface area (Å²) in [4.78, 5) is 4.48. The summed E-state index contributed by atoms with van der Waals surface area (Å²) in [5.74, 6) is 0.602. The number of thioether (sulfide) groups is 1. The number of hydrogen-bond donors (Lipinski definition) is 0. The zero-order valence-corrected chi connectivity index (χ0v) is 14.4. The maximum atomic E-state index is 4.48. The van der Waals surface area contributed by atoms with Crippen LogP contribution in [0.2, 0.25) is 0 Å². The molecule has 0 heterocycles. The minimum atomic E-state index is 0.602. The van der Waals surface area contributed by atoms with Crippen LogP contribution in [0.3, 0.4) is 0 Å². The van der Waals surface area contributed by atoms with E-state index in [0.29, 0.717) is 5.92 Å². The van der Waals surface area contributed by atoms with Gasteiger partial charge in [0, 0.05) is 12.1 Å². The lowest BCUT2D eigenvalue weighted by Gasteiger charge is -2.17. The van der Waals surface area contributed by atoms with Gasteiger partial charge in [-0.05, 0) is 18.2 Å². The third kappa shape index (κ3) is 10.3. The molecule has 0 bridgehead atoms. The van der Waals surface area contributed by atoms with E-state index in [2.05, 4.69) is 32.0 Å². The third-order valence-corrected chi connectivity index (χ3v) is 4.43. The van der Waals surface area contributed by atoms with Gasteiger partial charge in [0.15, 0.2) is 0 Å². The van der Waals surface area contributed by atoms with Gasteiger partial charge in [-0.3, -0.25) is 4.99 Å². The number of unbranched alkanes of at least 4 members (excludes halogenated alkanes) is 6. The van der Waals surface area contributed by atoms with E-state index in [-0.39, 0.29) is 0 Å². The van der Waals surface area contributed by atoms with Gasteiger partial charge in [-0.2, -0.15) is 0 Å². The van der Waals surface area contributed by atoms with Crippen molar-refractivity contribution in [2.24, 2.45) is 10.9 Å². The van der Waals surface area contributed by atoms with Crippen LogP contribution in [-0.2, 0) is 0 Å². The number of hydrogen-bond acceptors (Lipinski definition) is 2. The molecule has 0 saturated carbocycles. The van der Waals surface area contributed by atoms with Crippen LogP contribution in [0.1, 0.15) is 78.1 Å². The molecule has 0 aliphatic carbocycles. The van der Waals surface area contributed by atoms with Crippen LogP contribution in [0.25, 0.3) is 0 Å². The summed E-state index contributed by atoms with van der Waals surface area (Å²) >= 11 is 1.68. The van der Waals surface area contributed by atoms with Gasteiger partial charge in [0.05, 0.1) is 5.04 Å². The highest BCUT2D eigenvalue weighted by Crippen LogP contribution is 2.26. The predicted octanol–water partition coefficient (Wildman–Crippen LogP) is 6.96. The first-order valence-corrected chi connectivity index (χ1v) is 9.14. The Morgan fingerprint density at radius 3 is 1.90 bits per heavy atom. The molecule has 0 fully saturated rings. The monoisotopic (exact) mass is 295 g/mol. The molecule has 0 atom stereocenters. The van der Waals surface area contributed by atoms with Crippen molar-refractivity contribution < 1.29 is 0 Å². The minimum Gasteiger partial charge on any atom is -0.254 e. The summed E-state index contributed by atoms with van der Waals surface area (Å²) in [6.45, 7) is 12.1. The third-order valence-electron chi connectivity index (χ3n) is 3.58. The maximum absolute atomic E-state index is 4.48. The van der Waals surface area contributed by atoms with E-state index in [9.17, 15) is 0 Å². The molecule has 0 saturated heterocycles. The van der Waals surface area contributed by atoms with E-state index >= 15 is 0 Å². The van der Waals surface area contributed by atoms with Crippen molar-refractivity contribution in [1.29, 1.82) is 0 Å². The van der Waals surface area contributed by atoms with Gasteiger partial charge in [-0.15, -0.1) is 0 Å². The van der Waals surface area contributed by atoms with Crippen LogP contribution in [0.5, 0.6) is 0 Å². The minimum absolute atomic E-state index is 0.602. The number of rotatable bonds is 13. The van der Waals surface area contributed by atoms with Crippen LogP contribution >= 0.6 is 11.8 Å². The standard InChI is InChI=1S/C18H33NS/c1-5-9-11-13-15-17(16-14-12-10-6-2)18(19-7-3)20-8-4/h7-8,17H,3-6,9-16H2,1-2H3/b19-18-. The van der Waals surface area contributed by atoms with Crippen LogP contribution < -0.4 is 0 Å². The first-order chi connectivity index (χ1) is 9.79. The van der Waals surface area contributed by atoms with Crippen molar-refractivity contribution >= 4 is 16.8 Å². The van der Waals surface area contributed by atoms with Crippen molar-refractivity contribution in [2.75, 3.05) is 0 Å². The summed E-state index contributed by atoms with van der Waals surface area (Å²) in [6, 6.07) is 0. The van der Waals surface area contributed by atoms with Crippen molar-refractivity contribution in [3.8, 4) is 0 Å². The Kier molecular flexibility index (Phi) is 14.5. The van der Waals surface area contributed by atoms with Crippen LogP contribution in [-0.4, -0.2) is 5.04 Å². The Bertz CT molecular complexity index is 259. The fourth-order valence-corrected chi connectivity index (χ4v) is 3.17. The van der Waals surface area contributed by atoms with Gasteiger partial charge in [0.25, 0.3) is 0 Å². The molecule has 0 aromatic rings. The molecular weight excluding hydrogens is 262 g/mol. The number of nitrogens with zero attached hydrogens (tertiary/aromatic N) is 1. The van der Waals surface area contributed by atoms with E-state index in [0.717, 1.165) is 0 Å². The van der Waals surface area contributed by atoms with Crippen molar-refractivity contribution in [3.63, 3.8) is 0 Å². The van der Waals surface area contributed by atoms with E-state index in [4.69, 9.17) is 0 Å². The lowest BCUT2D eigenvalue weighted by molar-refractivity contribution is 0.497. The molecule has 0 aliphatic heterocycles. The smallest absolute Gasteiger partial charge is 0.0803 e. The molecule has 0 unspecified atom stereocenters. The normalized spacial score (nSPS) is 11.8. The molecule has 0 aromatic carbocycles. The second-order valence-corrected chi connectivity index (χ2v) is 6.32. The van der Waals surface area contributed by atoms with Gasteiger partial charge < -0.3 is 0 Å². The molecule has 1 nitrogen and oxygen atoms in total. The molecule has 0 N–H and O–H groups in total. The number of aliphatic imine (C=N–C) groups is 1. The Labute approximate surface area is 131 Å². The SMILES string of the molecule is C=C/N=C(\SC=C)C(CCCCCC)CCCCCC. The lowest BCUT2D eigenvalue weighted by Crippen LogP contribution is -2.11. The summed E-state index contributed by atoms with van der Waals surface area (Å²) < 4.78 is 0. The zero-order valence-electron chi connectivity index (χ0n) is 13.6. The molecular formula is C18H33NS. The maximum Gasteiger partial charge on any atom is 0.0803 e. The average molecular weight is 296 g/mol. The molecule has 2 heteroatoms. The predicted molar refractivity (Wildman–Crippen MR) is 96.4 cm³/mol. The van der Waals surface area contributed by atoms with E-state index in [1.54, 1.807) is 18.0 Å². The van der Waals surface area contributed by atoms with E-state index < -0.39 is 0 Å². The molecule has 0 aromatic heterocycles. The van der Waals surface area contributed by atoms with Crippen LogP contribution in [0, 0.1) is 5.92 Å². The van der Waals surface area contributed by atoms with Gasteiger partial charge >= 0.3 is 0 Å². The fourth-order valence-electron chi connectivity index (χ4n) is 2.43. The topological polar surface area (TPSA) is 12.4 Å². The first kappa shape index (κ1) is 19.5. The first-order valence-electron chi connectivity index (χ1n) is 8.26. The highest BCUT2D eigenvalue weighted by molar-refractivity contribution is 8.16. The van der Waals surface area contributed by atoms with Crippen LogP contribution in [0.15, 0.2) is 29.8 Å². The Morgan fingerprint density at radius 2 is 1.50 bits per heavy atom. The summed E-state index contributed by atoms with van der Waals surface area (Å²) in [5.41, 5.74) is 0.